The van der Waals surface area contributed by atoms with Crippen molar-refractivity contribution in [1.82, 2.24) is 23.7 Å². The minimum atomic E-state index is -3.32. The van der Waals surface area contributed by atoms with E-state index in [1.807, 2.05) is 37.3 Å². The quantitative estimate of drug-likeness (QED) is 0.344. The lowest BCUT2D eigenvalue weighted by Gasteiger charge is -2.33. The molecule has 230 valence electrons. The third-order valence-corrected chi connectivity index (χ3v) is 9.98. The molecule has 4 heterocycles. The first-order chi connectivity index (χ1) is 21.1. The number of piperidine rings is 2. The van der Waals surface area contributed by atoms with Crippen molar-refractivity contribution in [2.75, 3.05) is 37.8 Å². The minimum absolute atomic E-state index is 0.0223. The van der Waals surface area contributed by atoms with Crippen molar-refractivity contribution in [1.29, 1.82) is 0 Å². The molecule has 2 saturated heterocycles. The number of benzene rings is 2. The first kappa shape index (κ1) is 29.9. The Kier molecular flexibility index (Phi) is 8.21. The Labute approximate surface area is 255 Å². The molecular weight excluding hydrogens is 583 g/mol. The maximum atomic E-state index is 14.1. The fourth-order valence-electron chi connectivity index (χ4n) is 6.21. The van der Waals surface area contributed by atoms with E-state index >= 15 is 0 Å². The van der Waals surface area contributed by atoms with E-state index in [2.05, 4.69) is 10.3 Å². The minimum Gasteiger partial charge on any atom is -0.351 e. The molecule has 0 saturated carbocycles. The van der Waals surface area contributed by atoms with Crippen LogP contribution in [0.4, 0.5) is 10.3 Å². The third-order valence-electron chi connectivity index (χ3n) is 8.67. The highest BCUT2D eigenvalue weighted by Crippen LogP contribution is 2.30. The first-order valence-corrected chi connectivity index (χ1v) is 16.7. The van der Waals surface area contributed by atoms with Gasteiger partial charge in [0.05, 0.1) is 6.26 Å². The predicted octanol–water partition coefficient (Wildman–Crippen LogP) is 4.22. The van der Waals surface area contributed by atoms with Gasteiger partial charge in [-0.15, -0.1) is 0 Å². The number of hydrogen-bond donors (Lipinski definition) is 1. The molecule has 2 aliphatic heterocycles. The normalized spacial score (nSPS) is 17.2. The monoisotopic (exact) mass is 618 g/mol. The molecule has 4 aromatic rings. The van der Waals surface area contributed by atoms with Crippen molar-refractivity contribution in [2.24, 2.45) is 0 Å². The second-order valence-corrected chi connectivity index (χ2v) is 13.6. The van der Waals surface area contributed by atoms with Crippen LogP contribution in [-0.4, -0.2) is 76.5 Å². The summed E-state index contributed by atoms with van der Waals surface area (Å²) in [6, 6.07) is 14.9. The molecular formula is C32H35FN6O4S. The number of carbonyl (C=O) groups is 1. The molecule has 44 heavy (non-hydrogen) atoms. The molecule has 2 aliphatic rings. The molecule has 12 heteroatoms. The van der Waals surface area contributed by atoms with Crippen LogP contribution in [0.1, 0.15) is 47.6 Å². The average Bonchev–Trinajstić information content (AvgIpc) is 3.01. The molecule has 0 atom stereocenters. The number of hydrogen-bond acceptors (Lipinski definition) is 7. The number of aryl methyl sites for hydroxylation is 1. The number of pyridine rings is 1. The van der Waals surface area contributed by atoms with E-state index in [9.17, 15) is 22.4 Å². The Morgan fingerprint density at radius 2 is 1.64 bits per heavy atom. The summed E-state index contributed by atoms with van der Waals surface area (Å²) in [4.78, 5) is 38.2. The summed E-state index contributed by atoms with van der Waals surface area (Å²) in [6.07, 6.45) is 5.27. The van der Waals surface area contributed by atoms with Gasteiger partial charge in [-0.3, -0.25) is 14.2 Å². The van der Waals surface area contributed by atoms with Gasteiger partial charge in [-0.1, -0.05) is 24.3 Å². The van der Waals surface area contributed by atoms with Gasteiger partial charge in [0.15, 0.2) is 0 Å². The topological polar surface area (TPSA) is 118 Å². The van der Waals surface area contributed by atoms with Crippen LogP contribution < -0.4 is 10.9 Å². The lowest BCUT2D eigenvalue weighted by atomic mass is 9.99. The fourth-order valence-corrected chi connectivity index (χ4v) is 7.09. The standard InChI is InChI=1S/C32H35FN6O4S/c1-21-5-3-4-6-27(21)28-19-23-20-34-32(35-25-11-15-37(16-12-25)30(40)22-7-9-24(33)10-8-22)36-29(23)39(31(28)41)26-13-17-38(18-14-26)44(2,42)43/h3-10,19-20,25-26H,11-18H2,1-2H3,(H,34,35,36). The highest BCUT2D eigenvalue weighted by molar-refractivity contribution is 7.88. The molecule has 0 aliphatic carbocycles. The first-order valence-electron chi connectivity index (χ1n) is 14.8. The summed E-state index contributed by atoms with van der Waals surface area (Å²) in [5.74, 6) is -0.108. The van der Waals surface area contributed by atoms with Crippen LogP contribution in [0.3, 0.4) is 0 Å². The van der Waals surface area contributed by atoms with Gasteiger partial charge in [-0.2, -0.15) is 4.98 Å². The number of fused-ring (bicyclic) bond motifs is 1. The van der Waals surface area contributed by atoms with Gasteiger partial charge in [0.25, 0.3) is 11.5 Å². The third kappa shape index (κ3) is 6.09. The number of amides is 1. The van der Waals surface area contributed by atoms with Crippen molar-refractivity contribution < 1.29 is 17.6 Å². The lowest BCUT2D eigenvalue weighted by molar-refractivity contribution is 0.0718. The number of nitrogens with one attached hydrogen (secondary N) is 1. The summed E-state index contributed by atoms with van der Waals surface area (Å²) in [5, 5.41) is 4.12. The highest BCUT2D eigenvalue weighted by atomic mass is 32.2. The highest BCUT2D eigenvalue weighted by Gasteiger charge is 2.29. The molecule has 6 rings (SSSR count). The van der Waals surface area contributed by atoms with Gasteiger partial charge < -0.3 is 10.2 Å². The van der Waals surface area contributed by atoms with Crippen LogP contribution in [0, 0.1) is 12.7 Å². The van der Waals surface area contributed by atoms with Gasteiger partial charge in [0.1, 0.15) is 11.5 Å². The molecule has 0 radical (unpaired) electrons. The van der Waals surface area contributed by atoms with Gasteiger partial charge >= 0.3 is 0 Å². The maximum absolute atomic E-state index is 14.1. The van der Waals surface area contributed by atoms with E-state index < -0.39 is 10.0 Å². The van der Waals surface area contributed by atoms with E-state index in [1.54, 1.807) is 15.7 Å². The van der Waals surface area contributed by atoms with Crippen LogP contribution in [0.25, 0.3) is 22.2 Å². The number of halogens is 1. The van der Waals surface area contributed by atoms with E-state index in [0.29, 0.717) is 74.6 Å². The van der Waals surface area contributed by atoms with E-state index in [-0.39, 0.29) is 29.4 Å². The van der Waals surface area contributed by atoms with Crippen molar-refractivity contribution in [3.63, 3.8) is 0 Å². The zero-order valence-corrected chi connectivity index (χ0v) is 25.6. The molecule has 0 unspecified atom stereocenters. The number of nitrogens with zero attached hydrogens (tertiary/aromatic N) is 5. The molecule has 10 nitrogen and oxygen atoms in total. The molecule has 2 aromatic carbocycles. The Hall–Kier alpha value is -4.16. The Balaban J connectivity index is 1.27. The van der Waals surface area contributed by atoms with Crippen molar-refractivity contribution >= 4 is 32.9 Å². The smallest absolute Gasteiger partial charge is 0.260 e. The molecule has 2 aromatic heterocycles. The van der Waals surface area contributed by atoms with Crippen molar-refractivity contribution in [3.05, 3.63) is 88.1 Å². The number of sulfonamides is 1. The Morgan fingerprint density at radius 3 is 2.30 bits per heavy atom. The molecule has 0 spiro atoms. The summed E-state index contributed by atoms with van der Waals surface area (Å²) < 4.78 is 40.8. The average molecular weight is 619 g/mol. The van der Waals surface area contributed by atoms with Crippen LogP contribution in [0.5, 0.6) is 0 Å². The molecule has 1 N–H and O–H groups in total. The zero-order chi connectivity index (χ0) is 31.0. The van der Waals surface area contributed by atoms with E-state index in [4.69, 9.17) is 4.98 Å². The van der Waals surface area contributed by atoms with Crippen LogP contribution >= 0.6 is 0 Å². The Morgan fingerprint density at radius 1 is 0.955 bits per heavy atom. The second-order valence-electron chi connectivity index (χ2n) is 11.6. The number of carbonyl (C=O) groups excluding carboxylic acids is 1. The number of rotatable bonds is 6. The van der Waals surface area contributed by atoms with Gasteiger partial charge in [-0.05, 0) is 74.1 Å². The fraction of sp³-hybridized carbons (Fsp3) is 0.375. The maximum Gasteiger partial charge on any atom is 0.260 e. The van der Waals surface area contributed by atoms with E-state index in [0.717, 1.165) is 16.5 Å². The van der Waals surface area contributed by atoms with Crippen LogP contribution in [0.15, 0.2) is 65.6 Å². The molecule has 2 fully saturated rings. The molecule has 0 bridgehead atoms. The summed E-state index contributed by atoms with van der Waals surface area (Å²) in [5.41, 5.74) is 3.18. The van der Waals surface area contributed by atoms with Crippen molar-refractivity contribution in [3.8, 4) is 11.1 Å². The summed E-state index contributed by atoms with van der Waals surface area (Å²) in [6.45, 7) is 3.69. The largest absolute Gasteiger partial charge is 0.351 e. The Bertz CT molecular complexity index is 1860. The van der Waals surface area contributed by atoms with Gasteiger partial charge in [-0.25, -0.2) is 22.1 Å². The number of likely N-dealkylation sites (tertiary alicyclic amines) is 1. The van der Waals surface area contributed by atoms with Crippen LogP contribution in [0.2, 0.25) is 0 Å². The SMILES string of the molecule is Cc1ccccc1-c1cc2cnc(NC3CCN(C(=O)c4ccc(F)cc4)CC3)nc2n(C2CCN(S(C)(=O)=O)CC2)c1=O. The summed E-state index contributed by atoms with van der Waals surface area (Å²) >= 11 is 0. The van der Waals surface area contributed by atoms with Gasteiger partial charge in [0, 0.05) is 61.0 Å². The number of anilines is 1. The number of aromatic nitrogens is 3. The van der Waals surface area contributed by atoms with Crippen LogP contribution in [-0.2, 0) is 10.0 Å². The zero-order valence-electron chi connectivity index (χ0n) is 24.7. The predicted molar refractivity (Wildman–Crippen MR) is 168 cm³/mol. The summed E-state index contributed by atoms with van der Waals surface area (Å²) in [7, 11) is -3.32. The van der Waals surface area contributed by atoms with Gasteiger partial charge in [0.2, 0.25) is 16.0 Å². The molecule has 1 amide bonds. The lowest BCUT2D eigenvalue weighted by Crippen LogP contribution is -2.42. The second kappa shape index (κ2) is 12.1. The van der Waals surface area contributed by atoms with Crippen molar-refractivity contribution in [2.45, 2.75) is 44.7 Å². The van der Waals surface area contributed by atoms with E-state index in [1.165, 1.54) is 34.8 Å².